The van der Waals surface area contributed by atoms with E-state index in [2.05, 4.69) is 9.97 Å². The summed E-state index contributed by atoms with van der Waals surface area (Å²) in [5.41, 5.74) is -0.308. The van der Waals surface area contributed by atoms with E-state index < -0.39 is 5.56 Å². The molecule has 1 N–H and O–H groups in total. The quantitative estimate of drug-likeness (QED) is 0.821. The van der Waals surface area contributed by atoms with Crippen LogP contribution < -0.4 is 19.8 Å². The molecule has 0 bridgehead atoms. The average molecular weight is 316 g/mol. The van der Waals surface area contributed by atoms with Gasteiger partial charge in [0.15, 0.2) is 17.3 Å². The van der Waals surface area contributed by atoms with Gasteiger partial charge in [0.05, 0.1) is 20.5 Å². The maximum Gasteiger partial charge on any atom is 0.261 e. The van der Waals surface area contributed by atoms with Crippen molar-refractivity contribution in [2.45, 2.75) is 6.92 Å². The van der Waals surface area contributed by atoms with E-state index in [0.717, 1.165) is 0 Å². The molecule has 7 nitrogen and oxygen atoms in total. The molecule has 2 rings (SSSR count). The number of rotatable bonds is 6. The third kappa shape index (κ3) is 3.76. The van der Waals surface area contributed by atoms with Crippen LogP contribution in [0.2, 0.25) is 0 Å². The SMILES string of the molecule is COc1cccc(OC)c1Oc1nc[nH]c(=O)c1/C=C/C(C)=O. The van der Waals surface area contributed by atoms with Gasteiger partial charge in [0.25, 0.3) is 5.56 Å². The first-order chi connectivity index (χ1) is 11.1. The molecule has 0 saturated carbocycles. The van der Waals surface area contributed by atoms with Crippen LogP contribution in [0.15, 0.2) is 35.4 Å². The Morgan fingerprint density at radius 2 is 1.87 bits per heavy atom. The molecule has 1 heterocycles. The number of H-pyrrole nitrogens is 1. The molecule has 7 heteroatoms. The molecule has 0 aliphatic carbocycles. The summed E-state index contributed by atoms with van der Waals surface area (Å²) < 4.78 is 16.2. The molecule has 0 aliphatic heterocycles. The Balaban J connectivity index is 2.51. The first-order valence-electron chi connectivity index (χ1n) is 6.72. The molecular formula is C16H16N2O5. The van der Waals surface area contributed by atoms with Crippen molar-refractivity contribution in [3.63, 3.8) is 0 Å². The number of nitrogens with one attached hydrogen (secondary N) is 1. The van der Waals surface area contributed by atoms with Gasteiger partial charge in [-0.1, -0.05) is 6.07 Å². The van der Waals surface area contributed by atoms with E-state index in [1.165, 1.54) is 39.6 Å². The van der Waals surface area contributed by atoms with Crippen LogP contribution in [0.1, 0.15) is 12.5 Å². The third-order valence-electron chi connectivity index (χ3n) is 2.92. The third-order valence-corrected chi connectivity index (χ3v) is 2.92. The lowest BCUT2D eigenvalue weighted by Gasteiger charge is -2.13. The van der Waals surface area contributed by atoms with Gasteiger partial charge >= 0.3 is 0 Å². The van der Waals surface area contributed by atoms with Gasteiger partial charge in [-0.2, -0.15) is 0 Å². The molecule has 2 aromatic rings. The standard InChI is InChI=1S/C16H16N2O5/c1-10(19)7-8-11-15(20)17-9-18-16(11)23-14-12(21-2)5-4-6-13(14)22-3/h4-9H,1-3H3,(H,17,18,20)/b8-7+. The Morgan fingerprint density at radius 3 is 2.43 bits per heavy atom. The van der Waals surface area contributed by atoms with Crippen LogP contribution in [0.5, 0.6) is 23.1 Å². The Morgan fingerprint density at radius 1 is 1.22 bits per heavy atom. The summed E-state index contributed by atoms with van der Waals surface area (Å²) >= 11 is 0. The fraction of sp³-hybridized carbons (Fsp3) is 0.188. The molecule has 120 valence electrons. The van der Waals surface area contributed by atoms with Gasteiger partial charge in [-0.3, -0.25) is 9.59 Å². The Labute approximate surface area is 132 Å². The van der Waals surface area contributed by atoms with Gasteiger partial charge < -0.3 is 19.2 Å². The van der Waals surface area contributed by atoms with E-state index in [9.17, 15) is 9.59 Å². The van der Waals surface area contributed by atoms with E-state index >= 15 is 0 Å². The fourth-order valence-electron chi connectivity index (χ4n) is 1.84. The maximum absolute atomic E-state index is 12.0. The van der Waals surface area contributed by atoms with Crippen LogP contribution in [0.4, 0.5) is 0 Å². The highest BCUT2D eigenvalue weighted by Crippen LogP contribution is 2.39. The summed E-state index contributed by atoms with van der Waals surface area (Å²) in [5.74, 6) is 0.969. The zero-order valence-electron chi connectivity index (χ0n) is 13.0. The summed E-state index contributed by atoms with van der Waals surface area (Å²) in [4.78, 5) is 29.5. The number of methoxy groups -OCH3 is 2. The summed E-state index contributed by atoms with van der Waals surface area (Å²) in [7, 11) is 2.98. The zero-order valence-corrected chi connectivity index (χ0v) is 13.0. The normalized spacial score (nSPS) is 10.6. The highest BCUT2D eigenvalue weighted by Gasteiger charge is 2.16. The Bertz CT molecular complexity index is 773. The zero-order chi connectivity index (χ0) is 16.8. The monoisotopic (exact) mass is 316 g/mol. The summed E-state index contributed by atoms with van der Waals surface area (Å²) in [6.07, 6.45) is 3.83. The minimum absolute atomic E-state index is 0.0362. The molecule has 0 aliphatic rings. The van der Waals surface area contributed by atoms with E-state index in [1.807, 2.05) is 0 Å². The molecule has 1 aromatic heterocycles. The number of para-hydroxylation sites is 1. The Kier molecular flexibility index (Phi) is 5.14. The maximum atomic E-state index is 12.0. The van der Waals surface area contributed by atoms with Crippen LogP contribution in [0.3, 0.4) is 0 Å². The van der Waals surface area contributed by atoms with Crippen molar-refractivity contribution in [1.29, 1.82) is 0 Å². The van der Waals surface area contributed by atoms with Gasteiger partial charge in [0.1, 0.15) is 5.56 Å². The fourth-order valence-corrected chi connectivity index (χ4v) is 1.84. The lowest BCUT2D eigenvalue weighted by molar-refractivity contribution is -0.112. The number of ketones is 1. The predicted octanol–water partition coefficient (Wildman–Crippen LogP) is 2.18. The number of hydrogen-bond donors (Lipinski definition) is 1. The highest BCUT2D eigenvalue weighted by atomic mass is 16.5. The van der Waals surface area contributed by atoms with Crippen molar-refractivity contribution < 1.29 is 19.0 Å². The van der Waals surface area contributed by atoms with Crippen LogP contribution in [0, 0.1) is 0 Å². The largest absolute Gasteiger partial charge is 0.493 e. The smallest absolute Gasteiger partial charge is 0.261 e. The van der Waals surface area contributed by atoms with Crippen molar-refractivity contribution >= 4 is 11.9 Å². The molecule has 0 saturated heterocycles. The molecule has 0 spiro atoms. The summed E-state index contributed by atoms with van der Waals surface area (Å²) in [6, 6.07) is 5.12. The highest BCUT2D eigenvalue weighted by molar-refractivity contribution is 5.91. The molecule has 23 heavy (non-hydrogen) atoms. The van der Waals surface area contributed by atoms with Crippen molar-refractivity contribution in [2.75, 3.05) is 14.2 Å². The van der Waals surface area contributed by atoms with Crippen LogP contribution in [-0.2, 0) is 4.79 Å². The molecule has 0 unspecified atom stereocenters. The predicted molar refractivity (Wildman–Crippen MR) is 84.2 cm³/mol. The van der Waals surface area contributed by atoms with E-state index in [0.29, 0.717) is 11.5 Å². The molecular weight excluding hydrogens is 300 g/mol. The summed E-state index contributed by atoms with van der Waals surface area (Å²) in [5, 5.41) is 0. The minimum Gasteiger partial charge on any atom is -0.493 e. The second-order valence-electron chi connectivity index (χ2n) is 4.49. The number of aromatic amines is 1. The number of ether oxygens (including phenoxy) is 3. The minimum atomic E-state index is -0.429. The molecule has 0 amide bonds. The first kappa shape index (κ1) is 16.3. The number of nitrogens with zero attached hydrogens (tertiary/aromatic N) is 1. The van der Waals surface area contributed by atoms with Crippen molar-refractivity contribution in [2.24, 2.45) is 0 Å². The van der Waals surface area contributed by atoms with Crippen molar-refractivity contribution in [1.82, 2.24) is 9.97 Å². The van der Waals surface area contributed by atoms with Crippen LogP contribution >= 0.6 is 0 Å². The number of benzene rings is 1. The lowest BCUT2D eigenvalue weighted by Crippen LogP contribution is -2.12. The average Bonchev–Trinajstić information content (AvgIpc) is 2.54. The molecule has 0 fully saturated rings. The van der Waals surface area contributed by atoms with E-state index in [-0.39, 0.29) is 23.0 Å². The summed E-state index contributed by atoms with van der Waals surface area (Å²) in [6.45, 7) is 1.38. The molecule has 1 aromatic carbocycles. The van der Waals surface area contributed by atoms with Gasteiger partial charge in [-0.15, -0.1) is 0 Å². The van der Waals surface area contributed by atoms with Gasteiger partial charge in [-0.25, -0.2) is 4.98 Å². The number of carbonyl (C=O) groups is 1. The number of hydrogen-bond acceptors (Lipinski definition) is 6. The van der Waals surface area contributed by atoms with Crippen molar-refractivity contribution in [3.8, 4) is 23.1 Å². The lowest BCUT2D eigenvalue weighted by atomic mass is 10.2. The van der Waals surface area contributed by atoms with Crippen LogP contribution in [0.25, 0.3) is 6.08 Å². The Hall–Kier alpha value is -3.09. The topological polar surface area (TPSA) is 90.5 Å². The van der Waals surface area contributed by atoms with E-state index in [4.69, 9.17) is 14.2 Å². The number of aromatic nitrogens is 2. The van der Waals surface area contributed by atoms with Gasteiger partial charge in [0, 0.05) is 0 Å². The van der Waals surface area contributed by atoms with Crippen molar-refractivity contribution in [3.05, 3.63) is 46.5 Å². The second kappa shape index (κ2) is 7.26. The molecule has 0 atom stereocenters. The number of allylic oxidation sites excluding steroid dienone is 1. The first-order valence-corrected chi connectivity index (χ1v) is 6.72. The van der Waals surface area contributed by atoms with Gasteiger partial charge in [0.2, 0.25) is 11.6 Å². The van der Waals surface area contributed by atoms with Crippen LogP contribution in [-0.4, -0.2) is 30.0 Å². The number of carbonyl (C=O) groups excluding carboxylic acids is 1. The molecule has 0 radical (unpaired) electrons. The van der Waals surface area contributed by atoms with E-state index in [1.54, 1.807) is 18.2 Å². The second-order valence-corrected chi connectivity index (χ2v) is 4.49. The van der Waals surface area contributed by atoms with Gasteiger partial charge in [-0.05, 0) is 31.2 Å².